The zero-order chi connectivity index (χ0) is 16.0. The Labute approximate surface area is 129 Å². The van der Waals surface area contributed by atoms with E-state index in [1.807, 2.05) is 0 Å². The second-order valence-corrected chi connectivity index (χ2v) is 6.82. The smallest absolute Gasteiger partial charge is 0.310 e. The number of hydrogen-bond acceptors (Lipinski definition) is 5. The molecule has 0 saturated heterocycles. The van der Waals surface area contributed by atoms with Gasteiger partial charge in [-0.2, -0.15) is 0 Å². The predicted molar refractivity (Wildman–Crippen MR) is 83.3 cm³/mol. The van der Waals surface area contributed by atoms with Gasteiger partial charge in [-0.05, 0) is 18.6 Å². The first-order valence-electron chi connectivity index (χ1n) is 6.39. The number of halogens is 1. The van der Waals surface area contributed by atoms with Crippen LogP contribution in [0.2, 0.25) is 5.02 Å². The number of rotatable bonds is 8. The lowest BCUT2D eigenvalue weighted by molar-refractivity contribution is -0.383. The van der Waals surface area contributed by atoms with Crippen molar-refractivity contribution < 1.29 is 13.3 Å². The molecule has 0 spiro atoms. The third-order valence-electron chi connectivity index (χ3n) is 2.89. The highest BCUT2D eigenvalue weighted by Crippen LogP contribution is 2.32. The maximum absolute atomic E-state index is 11.4. The highest BCUT2D eigenvalue weighted by molar-refractivity contribution is 7.88. The van der Waals surface area contributed by atoms with E-state index in [0.29, 0.717) is 31.7 Å². The molecule has 9 heteroatoms. The lowest BCUT2D eigenvalue weighted by Crippen LogP contribution is -2.31. The first-order valence-corrected chi connectivity index (χ1v) is 8.62. The summed E-state index contributed by atoms with van der Waals surface area (Å²) in [5.41, 5.74) is 0.157. The van der Waals surface area contributed by atoms with Crippen LogP contribution in [-0.2, 0) is 10.0 Å². The molecule has 21 heavy (non-hydrogen) atoms. The first-order chi connectivity index (χ1) is 9.77. The van der Waals surface area contributed by atoms with Gasteiger partial charge in [-0.25, -0.2) is 12.7 Å². The molecule has 7 nitrogen and oxygen atoms in total. The number of para-hydroxylation sites is 1. The lowest BCUT2D eigenvalue weighted by atomic mass is 10.2. The normalized spacial score (nSPS) is 11.6. The molecule has 0 fully saturated rings. The van der Waals surface area contributed by atoms with Crippen LogP contribution >= 0.6 is 11.6 Å². The van der Waals surface area contributed by atoms with Crippen LogP contribution in [0, 0.1) is 10.1 Å². The Kier molecular flexibility index (Phi) is 6.38. The molecular formula is C12H18ClN3O4S. The largest absolute Gasteiger partial charge is 0.379 e. The summed E-state index contributed by atoms with van der Waals surface area (Å²) in [4.78, 5) is 10.4. The van der Waals surface area contributed by atoms with Crippen molar-refractivity contribution in [3.05, 3.63) is 33.3 Å². The van der Waals surface area contributed by atoms with Crippen LogP contribution in [-0.4, -0.2) is 43.5 Å². The topological polar surface area (TPSA) is 92.5 Å². The van der Waals surface area contributed by atoms with Crippen LogP contribution < -0.4 is 5.32 Å². The maximum Gasteiger partial charge on any atom is 0.310 e. The minimum atomic E-state index is -3.21. The van der Waals surface area contributed by atoms with Crippen molar-refractivity contribution in [3.8, 4) is 0 Å². The van der Waals surface area contributed by atoms with Gasteiger partial charge in [-0.1, -0.05) is 24.6 Å². The molecule has 0 bridgehead atoms. The molecule has 1 rings (SSSR count). The Morgan fingerprint density at radius 3 is 2.62 bits per heavy atom. The zero-order valence-electron chi connectivity index (χ0n) is 11.9. The molecule has 1 N–H and O–H groups in total. The molecule has 0 atom stereocenters. The SMILES string of the molecule is CCN(CCCNc1cccc(Cl)c1[N+](=O)[O-])S(C)(=O)=O. The third kappa shape index (κ3) is 5.14. The fourth-order valence-electron chi connectivity index (χ4n) is 1.88. The summed E-state index contributed by atoms with van der Waals surface area (Å²) in [6.07, 6.45) is 1.69. The van der Waals surface area contributed by atoms with E-state index >= 15 is 0 Å². The molecule has 1 aromatic rings. The number of benzene rings is 1. The average molecular weight is 336 g/mol. The van der Waals surface area contributed by atoms with Crippen molar-refractivity contribution in [2.75, 3.05) is 31.2 Å². The Morgan fingerprint density at radius 2 is 2.10 bits per heavy atom. The van der Waals surface area contributed by atoms with Crippen molar-refractivity contribution in [3.63, 3.8) is 0 Å². The van der Waals surface area contributed by atoms with Gasteiger partial charge in [0, 0.05) is 19.6 Å². The number of nitro groups is 1. The van der Waals surface area contributed by atoms with Crippen molar-refractivity contribution in [1.29, 1.82) is 0 Å². The Morgan fingerprint density at radius 1 is 1.43 bits per heavy atom. The van der Waals surface area contributed by atoms with Crippen LogP contribution in [0.25, 0.3) is 0 Å². The number of sulfonamides is 1. The molecular weight excluding hydrogens is 318 g/mol. The van der Waals surface area contributed by atoms with Crippen LogP contribution in [0.4, 0.5) is 11.4 Å². The Balaban J connectivity index is 2.62. The van der Waals surface area contributed by atoms with Gasteiger partial charge in [-0.3, -0.25) is 10.1 Å². The number of hydrogen-bond donors (Lipinski definition) is 1. The standard InChI is InChI=1S/C12H18ClN3O4S/c1-3-15(21(2,19)20)9-5-8-14-11-7-4-6-10(13)12(11)16(17)18/h4,6-7,14H,3,5,8-9H2,1-2H3. The second-order valence-electron chi connectivity index (χ2n) is 4.43. The molecule has 0 aromatic heterocycles. The van der Waals surface area contributed by atoms with E-state index in [4.69, 9.17) is 11.6 Å². The molecule has 0 aliphatic carbocycles. The highest BCUT2D eigenvalue weighted by atomic mass is 35.5. The van der Waals surface area contributed by atoms with Gasteiger partial charge in [0.2, 0.25) is 10.0 Å². The number of nitro benzene ring substituents is 1. The zero-order valence-corrected chi connectivity index (χ0v) is 13.4. The van der Waals surface area contributed by atoms with Crippen LogP contribution in [0.1, 0.15) is 13.3 Å². The summed E-state index contributed by atoms with van der Waals surface area (Å²) < 4.78 is 24.2. The van der Waals surface area contributed by atoms with Gasteiger partial charge in [0.05, 0.1) is 11.2 Å². The van der Waals surface area contributed by atoms with Gasteiger partial charge in [0.15, 0.2) is 0 Å². The van der Waals surface area contributed by atoms with E-state index in [1.54, 1.807) is 19.1 Å². The van der Waals surface area contributed by atoms with Gasteiger partial charge < -0.3 is 5.32 Å². The fraction of sp³-hybridized carbons (Fsp3) is 0.500. The molecule has 0 amide bonds. The van der Waals surface area contributed by atoms with Crippen LogP contribution in [0.3, 0.4) is 0 Å². The maximum atomic E-state index is 11.4. The van der Waals surface area contributed by atoms with Gasteiger partial charge >= 0.3 is 5.69 Å². The summed E-state index contributed by atoms with van der Waals surface area (Å²) in [6, 6.07) is 4.64. The molecule has 0 radical (unpaired) electrons. The van der Waals surface area contributed by atoms with E-state index in [-0.39, 0.29) is 10.7 Å². The Bertz CT molecular complexity index is 607. The average Bonchev–Trinajstić information content (AvgIpc) is 2.36. The lowest BCUT2D eigenvalue weighted by Gasteiger charge is -2.17. The predicted octanol–water partition coefficient (Wildman–Crippen LogP) is 2.33. The quantitative estimate of drug-likeness (QED) is 0.447. The molecule has 0 heterocycles. The molecule has 118 valence electrons. The summed E-state index contributed by atoms with van der Waals surface area (Å²) in [7, 11) is -3.21. The van der Waals surface area contributed by atoms with Gasteiger partial charge in [0.25, 0.3) is 0 Å². The van der Waals surface area contributed by atoms with E-state index in [1.165, 1.54) is 10.4 Å². The first kappa shape index (κ1) is 17.7. The van der Waals surface area contributed by atoms with Gasteiger partial charge in [0.1, 0.15) is 10.7 Å². The van der Waals surface area contributed by atoms with E-state index < -0.39 is 14.9 Å². The third-order valence-corrected chi connectivity index (χ3v) is 4.57. The van der Waals surface area contributed by atoms with E-state index in [0.717, 1.165) is 6.26 Å². The van der Waals surface area contributed by atoms with E-state index in [2.05, 4.69) is 5.32 Å². The summed E-state index contributed by atoms with van der Waals surface area (Å²) in [5.74, 6) is 0. The van der Waals surface area contributed by atoms with Crippen LogP contribution in [0.5, 0.6) is 0 Å². The van der Waals surface area contributed by atoms with Crippen molar-refractivity contribution in [2.24, 2.45) is 0 Å². The monoisotopic (exact) mass is 335 g/mol. The fourth-order valence-corrected chi connectivity index (χ4v) is 3.05. The molecule has 0 unspecified atom stereocenters. The molecule has 1 aromatic carbocycles. The molecule has 0 aliphatic rings. The summed E-state index contributed by atoms with van der Waals surface area (Å²) in [5, 5.41) is 13.9. The Hall–Kier alpha value is -1.38. The number of nitrogens with one attached hydrogen (secondary N) is 1. The van der Waals surface area contributed by atoms with Crippen molar-refractivity contribution >= 4 is 33.0 Å². The molecule has 0 aliphatic heterocycles. The number of nitrogens with zero attached hydrogens (tertiary/aromatic N) is 2. The van der Waals surface area contributed by atoms with E-state index in [9.17, 15) is 18.5 Å². The summed E-state index contributed by atoms with van der Waals surface area (Å²) >= 11 is 5.80. The molecule has 0 saturated carbocycles. The highest BCUT2D eigenvalue weighted by Gasteiger charge is 2.18. The van der Waals surface area contributed by atoms with Crippen molar-refractivity contribution in [2.45, 2.75) is 13.3 Å². The number of anilines is 1. The minimum absolute atomic E-state index is 0.0660. The van der Waals surface area contributed by atoms with Gasteiger partial charge in [-0.15, -0.1) is 0 Å². The van der Waals surface area contributed by atoms with Crippen LogP contribution in [0.15, 0.2) is 18.2 Å². The minimum Gasteiger partial charge on any atom is -0.379 e. The van der Waals surface area contributed by atoms with Crippen molar-refractivity contribution in [1.82, 2.24) is 4.31 Å². The second kappa shape index (κ2) is 7.58. The summed E-state index contributed by atoms with van der Waals surface area (Å²) in [6.45, 7) is 2.93.